The minimum atomic E-state index is 0.286. The number of fused-ring (bicyclic) bond motifs is 1. The number of nitrogens with one attached hydrogen (secondary N) is 1. The molecule has 2 saturated heterocycles. The van der Waals surface area contributed by atoms with Crippen molar-refractivity contribution in [2.75, 3.05) is 26.2 Å². The fourth-order valence-electron chi connectivity index (χ4n) is 3.92. The summed E-state index contributed by atoms with van der Waals surface area (Å²) in [5, 5.41) is 4.03. The van der Waals surface area contributed by atoms with Gasteiger partial charge in [0, 0.05) is 30.5 Å². The van der Waals surface area contributed by atoms with Gasteiger partial charge in [-0.2, -0.15) is 0 Å². The van der Waals surface area contributed by atoms with E-state index < -0.39 is 0 Å². The Bertz CT molecular complexity index is 746. The molecule has 4 rings (SSSR count). The molecule has 2 aliphatic heterocycles. The number of likely N-dealkylation sites (tertiary alicyclic amines) is 1. The van der Waals surface area contributed by atoms with Crippen LogP contribution >= 0.6 is 11.6 Å². The second-order valence-corrected chi connectivity index (χ2v) is 7.65. The Morgan fingerprint density at radius 1 is 1.32 bits per heavy atom. The smallest absolute Gasteiger partial charge is 0.222 e. The average Bonchev–Trinajstić information content (AvgIpc) is 3.29. The van der Waals surface area contributed by atoms with Gasteiger partial charge in [0.15, 0.2) is 11.5 Å². The number of rotatable bonds is 4. The lowest BCUT2D eigenvalue weighted by atomic mass is 9.96. The van der Waals surface area contributed by atoms with Crippen molar-refractivity contribution in [1.82, 2.24) is 15.2 Å². The fraction of sp³-hybridized carbons (Fsp3) is 0.579. The van der Waals surface area contributed by atoms with Crippen molar-refractivity contribution in [3.8, 4) is 0 Å². The minimum absolute atomic E-state index is 0.286. The van der Waals surface area contributed by atoms with Crippen LogP contribution in [0.3, 0.4) is 0 Å². The molecule has 0 bridgehead atoms. The highest BCUT2D eigenvalue weighted by atomic mass is 35.5. The summed E-state index contributed by atoms with van der Waals surface area (Å²) >= 11 is 6.01. The molecule has 1 aromatic carbocycles. The van der Waals surface area contributed by atoms with Gasteiger partial charge < -0.3 is 14.6 Å². The maximum atomic E-state index is 12.4. The predicted octanol–water partition coefficient (Wildman–Crippen LogP) is 3.58. The summed E-state index contributed by atoms with van der Waals surface area (Å²) in [4.78, 5) is 19.0. The highest BCUT2D eigenvalue weighted by Crippen LogP contribution is 2.31. The molecule has 3 heterocycles. The quantitative estimate of drug-likeness (QED) is 0.904. The van der Waals surface area contributed by atoms with Crippen molar-refractivity contribution in [3.05, 3.63) is 29.1 Å². The van der Waals surface area contributed by atoms with Gasteiger partial charge in [0.2, 0.25) is 5.91 Å². The molecule has 5 nitrogen and oxygen atoms in total. The zero-order valence-corrected chi connectivity index (χ0v) is 15.1. The zero-order chi connectivity index (χ0) is 17.2. The molecule has 1 aromatic heterocycles. The largest absolute Gasteiger partial charge is 0.440 e. The molecular weight excluding hydrogens is 338 g/mol. The van der Waals surface area contributed by atoms with Crippen molar-refractivity contribution >= 4 is 28.6 Å². The topological polar surface area (TPSA) is 58.4 Å². The van der Waals surface area contributed by atoms with Crippen molar-refractivity contribution < 1.29 is 9.21 Å². The molecule has 1 unspecified atom stereocenters. The van der Waals surface area contributed by atoms with Gasteiger partial charge in [-0.05, 0) is 62.9 Å². The molecule has 0 spiro atoms. The van der Waals surface area contributed by atoms with E-state index in [2.05, 4.69) is 10.3 Å². The Hall–Kier alpha value is -1.59. The molecule has 1 atom stereocenters. The number of carbonyl (C=O) groups excluding carboxylic acids is 1. The Kier molecular flexibility index (Phi) is 4.95. The third-order valence-corrected chi connectivity index (χ3v) is 5.73. The maximum absolute atomic E-state index is 12.4. The predicted molar refractivity (Wildman–Crippen MR) is 97.8 cm³/mol. The molecule has 0 radical (unpaired) electrons. The fourth-order valence-corrected chi connectivity index (χ4v) is 4.08. The molecule has 0 aliphatic carbocycles. The van der Waals surface area contributed by atoms with Gasteiger partial charge in [0.05, 0.1) is 0 Å². The summed E-state index contributed by atoms with van der Waals surface area (Å²) in [6, 6.07) is 5.52. The summed E-state index contributed by atoms with van der Waals surface area (Å²) in [7, 11) is 0. The number of halogens is 1. The first-order chi connectivity index (χ1) is 12.2. The lowest BCUT2D eigenvalue weighted by molar-refractivity contribution is -0.132. The monoisotopic (exact) mass is 361 g/mol. The van der Waals surface area contributed by atoms with E-state index in [0.717, 1.165) is 62.4 Å². The summed E-state index contributed by atoms with van der Waals surface area (Å²) in [5.41, 5.74) is 1.59. The van der Waals surface area contributed by atoms with Gasteiger partial charge in [-0.25, -0.2) is 4.98 Å². The van der Waals surface area contributed by atoms with Crippen LogP contribution in [0.25, 0.3) is 11.1 Å². The van der Waals surface area contributed by atoms with E-state index in [4.69, 9.17) is 16.0 Å². The van der Waals surface area contributed by atoms with E-state index in [9.17, 15) is 4.79 Å². The summed E-state index contributed by atoms with van der Waals surface area (Å²) in [6.45, 7) is 3.76. The van der Waals surface area contributed by atoms with Crippen LogP contribution in [0.4, 0.5) is 0 Å². The average molecular weight is 362 g/mol. The lowest BCUT2D eigenvalue weighted by Gasteiger charge is -2.31. The normalized spacial score (nSPS) is 22.0. The molecule has 1 N–H and O–H groups in total. The standard InChI is InChI=1S/C19H24ClN3O2/c20-15-2-3-17-16(11-15)22-19(25-17)14-6-9-23(10-7-14)18(24)4-1-13-5-8-21-12-13/h2-3,11,13-14,21H,1,4-10,12H2. The summed E-state index contributed by atoms with van der Waals surface area (Å²) in [6.07, 6.45) is 4.72. The molecular formula is C19H24ClN3O2. The van der Waals surface area contributed by atoms with Crippen molar-refractivity contribution in [2.24, 2.45) is 5.92 Å². The Balaban J connectivity index is 1.31. The van der Waals surface area contributed by atoms with Crippen LogP contribution in [-0.4, -0.2) is 42.0 Å². The number of benzene rings is 1. The van der Waals surface area contributed by atoms with Gasteiger partial charge in [-0.15, -0.1) is 0 Å². The number of nitrogens with zero attached hydrogens (tertiary/aromatic N) is 2. The highest BCUT2D eigenvalue weighted by Gasteiger charge is 2.27. The van der Waals surface area contributed by atoms with Gasteiger partial charge in [-0.3, -0.25) is 4.79 Å². The molecule has 25 heavy (non-hydrogen) atoms. The first-order valence-electron chi connectivity index (χ1n) is 9.23. The minimum Gasteiger partial charge on any atom is -0.440 e. The lowest BCUT2D eigenvalue weighted by Crippen LogP contribution is -2.38. The van der Waals surface area contributed by atoms with E-state index in [1.54, 1.807) is 0 Å². The highest BCUT2D eigenvalue weighted by molar-refractivity contribution is 6.31. The maximum Gasteiger partial charge on any atom is 0.222 e. The first kappa shape index (κ1) is 16.9. The van der Waals surface area contributed by atoms with E-state index in [-0.39, 0.29) is 5.92 Å². The van der Waals surface area contributed by atoms with Crippen LogP contribution in [0.2, 0.25) is 5.02 Å². The van der Waals surface area contributed by atoms with Gasteiger partial charge in [0.25, 0.3) is 0 Å². The van der Waals surface area contributed by atoms with Crippen LogP contribution in [-0.2, 0) is 4.79 Å². The SMILES string of the molecule is O=C(CCC1CCNC1)N1CCC(c2nc3cc(Cl)ccc3o2)CC1. The number of oxazole rings is 1. The van der Waals surface area contributed by atoms with Crippen LogP contribution in [0.1, 0.15) is 43.9 Å². The zero-order valence-electron chi connectivity index (χ0n) is 14.3. The third-order valence-electron chi connectivity index (χ3n) is 5.49. The number of piperidine rings is 1. The number of hydrogen-bond donors (Lipinski definition) is 1. The van der Waals surface area contributed by atoms with Crippen LogP contribution in [0.15, 0.2) is 22.6 Å². The number of hydrogen-bond acceptors (Lipinski definition) is 4. The first-order valence-corrected chi connectivity index (χ1v) is 9.61. The van der Waals surface area contributed by atoms with E-state index >= 15 is 0 Å². The Morgan fingerprint density at radius 3 is 2.92 bits per heavy atom. The summed E-state index contributed by atoms with van der Waals surface area (Å²) in [5.74, 6) is 2.04. The van der Waals surface area contributed by atoms with Crippen LogP contribution in [0.5, 0.6) is 0 Å². The molecule has 2 aromatic rings. The molecule has 2 aliphatic rings. The van der Waals surface area contributed by atoms with Gasteiger partial charge >= 0.3 is 0 Å². The Labute approximate surface area is 152 Å². The molecule has 0 saturated carbocycles. The van der Waals surface area contributed by atoms with E-state index in [1.165, 1.54) is 6.42 Å². The second kappa shape index (κ2) is 7.34. The Morgan fingerprint density at radius 2 is 2.16 bits per heavy atom. The van der Waals surface area contributed by atoms with Gasteiger partial charge in [0.1, 0.15) is 5.52 Å². The second-order valence-electron chi connectivity index (χ2n) is 7.22. The number of aromatic nitrogens is 1. The molecule has 6 heteroatoms. The number of carbonyl (C=O) groups is 1. The van der Waals surface area contributed by atoms with E-state index in [0.29, 0.717) is 23.3 Å². The summed E-state index contributed by atoms with van der Waals surface area (Å²) < 4.78 is 5.89. The van der Waals surface area contributed by atoms with Crippen LogP contribution < -0.4 is 5.32 Å². The van der Waals surface area contributed by atoms with Crippen LogP contribution in [0, 0.1) is 5.92 Å². The van der Waals surface area contributed by atoms with Crippen molar-refractivity contribution in [3.63, 3.8) is 0 Å². The number of amides is 1. The van der Waals surface area contributed by atoms with E-state index in [1.807, 2.05) is 23.1 Å². The molecule has 134 valence electrons. The molecule has 2 fully saturated rings. The molecule has 1 amide bonds. The van der Waals surface area contributed by atoms with Crippen molar-refractivity contribution in [1.29, 1.82) is 0 Å². The van der Waals surface area contributed by atoms with Crippen molar-refractivity contribution in [2.45, 2.75) is 38.0 Å². The third kappa shape index (κ3) is 3.82. The van der Waals surface area contributed by atoms with Gasteiger partial charge in [-0.1, -0.05) is 11.6 Å².